The summed E-state index contributed by atoms with van der Waals surface area (Å²) in [5, 5.41) is 10.2. The summed E-state index contributed by atoms with van der Waals surface area (Å²) in [4.78, 5) is 28.9. The first-order valence-corrected chi connectivity index (χ1v) is 9.59. The number of benzene rings is 1. The van der Waals surface area contributed by atoms with Crippen LogP contribution in [0.5, 0.6) is 0 Å². The number of rotatable bonds is 8. The summed E-state index contributed by atoms with van der Waals surface area (Å²) in [5.41, 5.74) is 0.747. The second-order valence-electron chi connectivity index (χ2n) is 7.77. The molecule has 0 radical (unpaired) electrons. The molecule has 2 rings (SSSR count). The van der Waals surface area contributed by atoms with E-state index in [-0.39, 0.29) is 22.5 Å². The van der Waals surface area contributed by atoms with Crippen molar-refractivity contribution in [2.24, 2.45) is 10.4 Å². The van der Waals surface area contributed by atoms with E-state index in [9.17, 15) is 14.7 Å². The summed E-state index contributed by atoms with van der Waals surface area (Å²) < 4.78 is 5.34. The van der Waals surface area contributed by atoms with Crippen molar-refractivity contribution in [3.8, 4) is 0 Å². The Morgan fingerprint density at radius 1 is 1.22 bits per heavy atom. The predicted molar refractivity (Wildman–Crippen MR) is 107 cm³/mol. The molecule has 5 nitrogen and oxygen atoms in total. The van der Waals surface area contributed by atoms with E-state index in [4.69, 9.17) is 4.74 Å². The molecule has 0 saturated carbocycles. The number of Topliss-reactive ketones (excluding diaryl/α,β-unsaturated/α-hetero) is 1. The summed E-state index contributed by atoms with van der Waals surface area (Å²) in [6.45, 7) is 6.41. The minimum absolute atomic E-state index is 0.0518. The van der Waals surface area contributed by atoms with Crippen LogP contribution in [-0.4, -0.2) is 29.7 Å². The van der Waals surface area contributed by atoms with Gasteiger partial charge < -0.3 is 9.84 Å². The fraction of sp³-hybridized carbons (Fsp3) is 0.500. The number of ether oxygens (including phenoxy) is 1. The molecule has 5 heteroatoms. The van der Waals surface area contributed by atoms with Crippen molar-refractivity contribution in [2.75, 3.05) is 6.61 Å². The van der Waals surface area contributed by atoms with E-state index in [0.717, 1.165) is 25.7 Å². The van der Waals surface area contributed by atoms with Gasteiger partial charge in [0.25, 0.3) is 0 Å². The van der Waals surface area contributed by atoms with E-state index in [2.05, 4.69) is 11.9 Å². The van der Waals surface area contributed by atoms with Crippen LogP contribution in [0.4, 0.5) is 5.69 Å². The molecule has 0 aliphatic heterocycles. The molecule has 27 heavy (non-hydrogen) atoms. The monoisotopic (exact) mass is 371 g/mol. The molecular formula is C22H29NO4. The summed E-state index contributed by atoms with van der Waals surface area (Å²) in [7, 11) is 0. The van der Waals surface area contributed by atoms with Crippen molar-refractivity contribution in [3.63, 3.8) is 0 Å². The molecule has 0 saturated heterocycles. The van der Waals surface area contributed by atoms with Gasteiger partial charge in [0, 0.05) is 19.1 Å². The molecule has 1 aliphatic rings. The van der Waals surface area contributed by atoms with Crippen molar-refractivity contribution in [1.29, 1.82) is 0 Å². The van der Waals surface area contributed by atoms with Crippen LogP contribution < -0.4 is 0 Å². The number of aliphatic imine (C=N–C) groups is 1. The Hall–Kier alpha value is -2.43. The van der Waals surface area contributed by atoms with Crippen LogP contribution in [-0.2, 0) is 9.53 Å². The average Bonchev–Trinajstić information content (AvgIpc) is 2.60. The highest BCUT2D eigenvalue weighted by atomic mass is 16.5. The van der Waals surface area contributed by atoms with Gasteiger partial charge in [-0.05, 0) is 24.0 Å². The Balaban J connectivity index is 2.10. The third kappa shape index (κ3) is 6.05. The van der Waals surface area contributed by atoms with Gasteiger partial charge in [-0.2, -0.15) is 0 Å². The maximum absolute atomic E-state index is 12.3. The maximum atomic E-state index is 12.3. The highest BCUT2D eigenvalue weighted by Gasteiger charge is 2.32. The highest BCUT2D eigenvalue weighted by Crippen LogP contribution is 2.35. The first-order valence-electron chi connectivity index (χ1n) is 9.59. The van der Waals surface area contributed by atoms with E-state index in [0.29, 0.717) is 30.7 Å². The molecule has 0 aromatic heterocycles. The lowest BCUT2D eigenvalue weighted by molar-refractivity contribution is -0.117. The van der Waals surface area contributed by atoms with Crippen molar-refractivity contribution in [3.05, 3.63) is 41.2 Å². The number of carbonyl (C=O) groups is 2. The number of esters is 1. The minimum atomic E-state index is -0.423. The highest BCUT2D eigenvalue weighted by molar-refractivity contribution is 6.15. The van der Waals surface area contributed by atoms with Gasteiger partial charge in [-0.3, -0.25) is 9.79 Å². The van der Waals surface area contributed by atoms with Crippen LogP contribution in [0.25, 0.3) is 0 Å². The number of carbonyl (C=O) groups excluding carboxylic acids is 2. The molecule has 146 valence electrons. The number of hydrogen-bond acceptors (Lipinski definition) is 5. The summed E-state index contributed by atoms with van der Waals surface area (Å²) in [6.07, 6.45) is 6.29. The van der Waals surface area contributed by atoms with Crippen molar-refractivity contribution < 1.29 is 19.4 Å². The third-order valence-electron chi connectivity index (χ3n) is 4.58. The second-order valence-corrected chi connectivity index (χ2v) is 7.77. The number of aliphatic hydroxyl groups excluding tert-OH is 1. The average molecular weight is 371 g/mol. The number of ketones is 1. The van der Waals surface area contributed by atoms with Crippen molar-refractivity contribution in [2.45, 2.75) is 59.3 Å². The van der Waals surface area contributed by atoms with Crippen LogP contribution >= 0.6 is 0 Å². The molecule has 1 aromatic rings. The lowest BCUT2D eigenvalue weighted by Gasteiger charge is -2.28. The smallest absolute Gasteiger partial charge is 0.340 e. The Kier molecular flexibility index (Phi) is 7.34. The number of unbranched alkanes of at least 4 members (excludes halogenated alkanes) is 3. The van der Waals surface area contributed by atoms with E-state index in [1.165, 1.54) is 6.21 Å². The quantitative estimate of drug-likeness (QED) is 0.381. The number of aliphatic hydroxyl groups is 1. The van der Waals surface area contributed by atoms with Gasteiger partial charge in [0.15, 0.2) is 5.78 Å². The van der Waals surface area contributed by atoms with Gasteiger partial charge in [-0.15, -0.1) is 0 Å². The summed E-state index contributed by atoms with van der Waals surface area (Å²) in [5.74, 6) is -0.506. The topological polar surface area (TPSA) is 76.0 Å². The normalized spacial score (nSPS) is 16.8. The first kappa shape index (κ1) is 20.9. The van der Waals surface area contributed by atoms with Gasteiger partial charge in [0.2, 0.25) is 0 Å². The Bertz CT molecular complexity index is 746. The lowest BCUT2D eigenvalue weighted by Crippen LogP contribution is -2.26. The molecule has 0 fully saturated rings. The van der Waals surface area contributed by atoms with Gasteiger partial charge in [-0.25, -0.2) is 4.79 Å². The predicted octanol–water partition coefficient (Wildman–Crippen LogP) is 5.33. The molecule has 0 spiro atoms. The molecule has 0 heterocycles. The van der Waals surface area contributed by atoms with E-state index in [1.807, 2.05) is 13.8 Å². The zero-order chi connectivity index (χ0) is 19.9. The molecule has 0 atom stereocenters. The molecule has 1 aromatic carbocycles. The Morgan fingerprint density at radius 3 is 2.67 bits per heavy atom. The number of para-hydroxylation sites is 1. The zero-order valence-electron chi connectivity index (χ0n) is 16.5. The van der Waals surface area contributed by atoms with E-state index in [1.54, 1.807) is 24.3 Å². The fourth-order valence-corrected chi connectivity index (χ4v) is 3.11. The second kappa shape index (κ2) is 9.49. The van der Waals surface area contributed by atoms with Gasteiger partial charge in [-0.1, -0.05) is 52.2 Å². The summed E-state index contributed by atoms with van der Waals surface area (Å²) >= 11 is 0. The Morgan fingerprint density at radius 2 is 1.96 bits per heavy atom. The number of hydrogen-bond donors (Lipinski definition) is 1. The van der Waals surface area contributed by atoms with Crippen LogP contribution in [0.1, 0.15) is 69.7 Å². The largest absolute Gasteiger partial charge is 0.511 e. The lowest BCUT2D eigenvalue weighted by atomic mass is 9.77. The summed E-state index contributed by atoms with van der Waals surface area (Å²) in [6, 6.07) is 6.86. The molecular weight excluding hydrogens is 342 g/mol. The molecule has 0 amide bonds. The van der Waals surface area contributed by atoms with Gasteiger partial charge in [0.1, 0.15) is 5.76 Å². The van der Waals surface area contributed by atoms with Crippen LogP contribution in [0, 0.1) is 5.41 Å². The minimum Gasteiger partial charge on any atom is -0.511 e. The van der Waals surface area contributed by atoms with Crippen molar-refractivity contribution in [1.82, 2.24) is 0 Å². The van der Waals surface area contributed by atoms with E-state index >= 15 is 0 Å². The SMILES string of the molecule is CCCCCCOC(=O)c1ccccc1N=CC1=C(O)CC(C)(C)CC1=O. The molecule has 0 unspecified atom stereocenters. The number of nitrogens with zero attached hydrogens (tertiary/aromatic N) is 1. The first-order chi connectivity index (χ1) is 12.8. The van der Waals surface area contributed by atoms with Crippen LogP contribution in [0.2, 0.25) is 0 Å². The molecule has 0 bridgehead atoms. The van der Waals surface area contributed by atoms with Crippen LogP contribution in [0.3, 0.4) is 0 Å². The zero-order valence-corrected chi connectivity index (χ0v) is 16.5. The van der Waals surface area contributed by atoms with Gasteiger partial charge in [0.05, 0.1) is 23.4 Å². The van der Waals surface area contributed by atoms with Gasteiger partial charge >= 0.3 is 5.97 Å². The number of allylic oxidation sites excluding steroid dienone is 2. The fourth-order valence-electron chi connectivity index (χ4n) is 3.11. The van der Waals surface area contributed by atoms with Crippen molar-refractivity contribution >= 4 is 23.7 Å². The third-order valence-corrected chi connectivity index (χ3v) is 4.58. The molecule has 1 aliphatic carbocycles. The maximum Gasteiger partial charge on any atom is 0.340 e. The Labute approximate surface area is 161 Å². The van der Waals surface area contributed by atoms with E-state index < -0.39 is 5.97 Å². The molecule has 1 N–H and O–H groups in total. The van der Waals surface area contributed by atoms with Crippen LogP contribution in [0.15, 0.2) is 40.6 Å². The standard InChI is InChI=1S/C22H29NO4/c1-4-5-6-9-12-27-21(26)16-10-7-8-11-18(16)23-15-17-19(24)13-22(2,3)14-20(17)25/h7-8,10-11,15,24H,4-6,9,12-14H2,1-3H3.